The SMILES string of the molecule is CCCCCCCCCCCCCCCC(=O)Nc1ccc2c(c1O)C(O)=C1C(=O)[C@]3(O)C(=N)C(C(N)=O)=C(O)[C@@H](N(C)C)C3[C@@H](O)C1[C@H]2C. The molecule has 1 saturated carbocycles. The molecule has 4 rings (SSSR count). The summed E-state index contributed by atoms with van der Waals surface area (Å²) in [6.07, 6.45) is 14.0. The van der Waals surface area contributed by atoms with Gasteiger partial charge in [-0.2, -0.15) is 0 Å². The van der Waals surface area contributed by atoms with Crippen molar-refractivity contribution in [3.63, 3.8) is 0 Å². The van der Waals surface area contributed by atoms with E-state index in [2.05, 4.69) is 12.2 Å². The maximum Gasteiger partial charge on any atom is 0.254 e. The van der Waals surface area contributed by atoms with Crippen molar-refractivity contribution in [3.05, 3.63) is 40.2 Å². The van der Waals surface area contributed by atoms with Gasteiger partial charge in [0.05, 0.1) is 35.0 Å². The van der Waals surface area contributed by atoms with Crippen LogP contribution in [-0.2, 0) is 14.4 Å². The number of nitrogens with two attached hydrogens (primary N) is 1. The van der Waals surface area contributed by atoms with Crippen LogP contribution in [0.15, 0.2) is 29.0 Å². The third-order valence-corrected chi connectivity index (χ3v) is 11.0. The van der Waals surface area contributed by atoms with E-state index < -0.39 is 81.3 Å². The number of aromatic hydroxyl groups is 1. The third-order valence-electron chi connectivity index (χ3n) is 11.0. The van der Waals surface area contributed by atoms with Crippen molar-refractivity contribution in [2.45, 2.75) is 127 Å². The molecular formula is C38H56N4O8. The molecule has 0 aromatic heterocycles. The van der Waals surface area contributed by atoms with Crippen molar-refractivity contribution in [2.75, 3.05) is 19.4 Å². The van der Waals surface area contributed by atoms with E-state index in [-0.39, 0.29) is 23.6 Å². The van der Waals surface area contributed by atoms with Gasteiger partial charge in [0.1, 0.15) is 22.8 Å². The normalized spacial score (nSPS) is 26.2. The van der Waals surface area contributed by atoms with Crippen molar-refractivity contribution < 1.29 is 39.9 Å². The highest BCUT2D eigenvalue weighted by molar-refractivity contribution is 6.34. The lowest BCUT2D eigenvalue weighted by atomic mass is 9.53. The number of benzene rings is 1. The molecule has 0 spiro atoms. The highest BCUT2D eigenvalue weighted by atomic mass is 16.3. The van der Waals surface area contributed by atoms with Crippen molar-refractivity contribution in [1.29, 1.82) is 5.41 Å². The Morgan fingerprint density at radius 1 is 0.940 bits per heavy atom. The number of hydrogen-bond donors (Lipinski definition) is 8. The molecule has 2 amide bonds. The Kier molecular flexibility index (Phi) is 12.9. The first-order valence-electron chi connectivity index (χ1n) is 18.2. The van der Waals surface area contributed by atoms with E-state index in [1.165, 1.54) is 82.8 Å². The lowest BCUT2D eigenvalue weighted by Crippen LogP contribution is -2.71. The van der Waals surface area contributed by atoms with Crippen LogP contribution in [-0.4, -0.2) is 85.6 Å². The largest absolute Gasteiger partial charge is 0.510 e. The van der Waals surface area contributed by atoms with Gasteiger partial charge in [-0.25, -0.2) is 0 Å². The first-order chi connectivity index (χ1) is 23.7. The predicted molar refractivity (Wildman–Crippen MR) is 192 cm³/mol. The number of amides is 2. The number of likely N-dealkylation sites (N-methyl/N-ethyl adjacent to an activating group) is 1. The van der Waals surface area contributed by atoms with Crippen molar-refractivity contribution in [2.24, 2.45) is 17.6 Å². The highest BCUT2D eigenvalue weighted by Gasteiger charge is 2.67. The summed E-state index contributed by atoms with van der Waals surface area (Å²) in [6, 6.07) is 1.83. The minimum Gasteiger partial charge on any atom is -0.510 e. The summed E-state index contributed by atoms with van der Waals surface area (Å²) in [5.74, 6) is -7.83. The molecule has 276 valence electrons. The molecule has 50 heavy (non-hydrogen) atoms. The Balaban J connectivity index is 1.45. The predicted octanol–water partition coefficient (Wildman–Crippen LogP) is 5.37. The molecule has 1 aromatic carbocycles. The van der Waals surface area contributed by atoms with Crippen LogP contribution in [0, 0.1) is 17.2 Å². The van der Waals surface area contributed by atoms with E-state index >= 15 is 0 Å². The van der Waals surface area contributed by atoms with Gasteiger partial charge in [0.15, 0.2) is 5.60 Å². The summed E-state index contributed by atoms with van der Waals surface area (Å²) in [4.78, 5) is 40.8. The topological polar surface area (TPSA) is 218 Å². The molecule has 0 aliphatic heterocycles. The number of primary amides is 1. The Bertz CT molecular complexity index is 1530. The number of nitrogens with zero attached hydrogens (tertiary/aromatic N) is 1. The number of unbranched alkanes of at least 4 members (excludes halogenated alkanes) is 12. The van der Waals surface area contributed by atoms with Gasteiger partial charge in [-0.05, 0) is 38.1 Å². The average molecular weight is 697 g/mol. The summed E-state index contributed by atoms with van der Waals surface area (Å²) in [7, 11) is 3.03. The van der Waals surface area contributed by atoms with Crippen LogP contribution in [0.3, 0.4) is 0 Å². The van der Waals surface area contributed by atoms with Gasteiger partial charge >= 0.3 is 0 Å². The molecule has 3 aliphatic carbocycles. The second-order valence-electron chi connectivity index (χ2n) is 14.6. The fourth-order valence-corrected chi connectivity index (χ4v) is 8.29. The van der Waals surface area contributed by atoms with E-state index in [0.29, 0.717) is 12.0 Å². The van der Waals surface area contributed by atoms with Gasteiger partial charge in [-0.15, -0.1) is 0 Å². The van der Waals surface area contributed by atoms with E-state index in [4.69, 9.17) is 11.1 Å². The van der Waals surface area contributed by atoms with Crippen molar-refractivity contribution >= 4 is 34.8 Å². The highest BCUT2D eigenvalue weighted by Crippen LogP contribution is 2.56. The monoisotopic (exact) mass is 696 g/mol. The molecule has 1 aromatic rings. The van der Waals surface area contributed by atoms with Gasteiger partial charge < -0.3 is 42.0 Å². The number of Topliss-reactive ketones (excluding diaryl/α,β-unsaturated/α-hetero) is 1. The Morgan fingerprint density at radius 3 is 2.00 bits per heavy atom. The zero-order valence-corrected chi connectivity index (χ0v) is 29.9. The second-order valence-corrected chi connectivity index (χ2v) is 14.6. The number of ketones is 1. The molecule has 1 fully saturated rings. The average Bonchev–Trinajstić information content (AvgIpc) is 3.05. The molecule has 3 aliphatic rings. The number of aliphatic hydroxyl groups is 4. The Hall–Kier alpha value is -3.74. The molecule has 12 nitrogen and oxygen atoms in total. The standard InChI is InChI=1S/C38H56N4O8/c1-5-6-7-8-9-10-11-12-13-14-15-16-17-18-24(43)41-23-20-19-22-21(2)25-27(32(45)26(22)31(23)44)36(48)38(50)29(33(25)46)30(42(3)4)34(47)28(35(38)39)37(40)49/h19-21,25,29-30,33,39,44-47,50H,5-18H2,1-4H3,(H2,40,49)(H,41,43)/t21-,25?,29?,30-,33-,38+/m0/s1. The lowest BCUT2D eigenvalue weighted by molar-refractivity contribution is -0.151. The van der Waals surface area contributed by atoms with Gasteiger partial charge in [-0.1, -0.05) is 97.0 Å². The van der Waals surface area contributed by atoms with E-state index in [1.807, 2.05) is 0 Å². The first-order valence-corrected chi connectivity index (χ1v) is 18.2. The van der Waals surface area contributed by atoms with Crippen LogP contribution < -0.4 is 11.1 Å². The molecule has 0 bridgehead atoms. The fraction of sp³-hybridized carbons (Fsp3) is 0.632. The van der Waals surface area contributed by atoms with Crippen LogP contribution in [0.25, 0.3) is 5.76 Å². The molecule has 12 heteroatoms. The minimum absolute atomic E-state index is 0.0311. The number of phenolic OH excluding ortho intramolecular Hbond substituents is 1. The zero-order chi connectivity index (χ0) is 36.9. The number of nitrogens with one attached hydrogen (secondary N) is 2. The minimum atomic E-state index is -2.84. The Labute approximate surface area is 295 Å². The number of anilines is 1. The second kappa shape index (κ2) is 16.5. The van der Waals surface area contributed by atoms with Crippen molar-refractivity contribution in [3.8, 4) is 5.75 Å². The van der Waals surface area contributed by atoms with Crippen LogP contribution in [0.2, 0.25) is 0 Å². The zero-order valence-electron chi connectivity index (χ0n) is 29.9. The summed E-state index contributed by atoms with van der Waals surface area (Å²) in [5, 5.41) is 68.9. The molecule has 0 saturated heterocycles. The quantitative estimate of drug-likeness (QED) is 0.0775. The van der Waals surface area contributed by atoms with Crippen LogP contribution in [0.4, 0.5) is 5.69 Å². The van der Waals surface area contributed by atoms with Crippen LogP contribution in [0.5, 0.6) is 5.75 Å². The number of phenols is 1. The molecule has 0 heterocycles. The summed E-state index contributed by atoms with van der Waals surface area (Å²) >= 11 is 0. The maximum absolute atomic E-state index is 14.2. The number of fused-ring (bicyclic) bond motifs is 3. The van der Waals surface area contributed by atoms with Crippen LogP contribution >= 0.6 is 0 Å². The van der Waals surface area contributed by atoms with E-state index in [0.717, 1.165) is 19.3 Å². The van der Waals surface area contributed by atoms with Gasteiger partial charge in [0.25, 0.3) is 5.91 Å². The van der Waals surface area contributed by atoms with Crippen LogP contribution in [0.1, 0.15) is 121 Å². The summed E-state index contributed by atoms with van der Waals surface area (Å²) in [6.45, 7) is 3.92. The summed E-state index contributed by atoms with van der Waals surface area (Å²) < 4.78 is 0. The Morgan fingerprint density at radius 2 is 1.48 bits per heavy atom. The smallest absolute Gasteiger partial charge is 0.254 e. The lowest BCUT2D eigenvalue weighted by Gasteiger charge is -2.54. The number of carbonyl (C=O) groups excluding carboxylic acids is 3. The first kappa shape index (κ1) is 39.1. The summed E-state index contributed by atoms with van der Waals surface area (Å²) in [5.41, 5.74) is 0.752. The van der Waals surface area contributed by atoms with Gasteiger partial charge in [0, 0.05) is 17.9 Å². The number of aliphatic hydroxyl groups excluding tert-OH is 3. The number of carbonyl (C=O) groups is 3. The number of hydrogen-bond acceptors (Lipinski definition) is 10. The molecule has 6 atom stereocenters. The van der Waals surface area contributed by atoms with Gasteiger partial charge in [0.2, 0.25) is 11.7 Å². The fourth-order valence-electron chi connectivity index (χ4n) is 8.29. The maximum atomic E-state index is 14.2. The van der Waals surface area contributed by atoms with Crippen molar-refractivity contribution in [1.82, 2.24) is 4.90 Å². The van der Waals surface area contributed by atoms with E-state index in [9.17, 15) is 39.9 Å². The molecule has 9 N–H and O–H groups in total. The third kappa shape index (κ3) is 7.34. The van der Waals surface area contributed by atoms with Gasteiger partial charge in [-0.3, -0.25) is 19.3 Å². The molecule has 2 unspecified atom stereocenters. The molecule has 0 radical (unpaired) electrons. The van der Waals surface area contributed by atoms with E-state index in [1.54, 1.807) is 13.0 Å². The molecular weight excluding hydrogens is 640 g/mol. The number of rotatable bonds is 17.